The molecule has 1 fully saturated rings. The van der Waals surface area contributed by atoms with Crippen LogP contribution < -0.4 is 5.73 Å². The molecule has 0 aliphatic heterocycles. The summed E-state index contributed by atoms with van der Waals surface area (Å²) in [7, 11) is 1.45. The molecule has 1 aliphatic carbocycles. The number of methoxy groups -OCH3 is 1. The van der Waals surface area contributed by atoms with Gasteiger partial charge in [-0.05, 0) is 39.2 Å². The Morgan fingerprint density at radius 3 is 2.56 bits per heavy atom. The lowest BCUT2D eigenvalue weighted by Crippen LogP contribution is -2.48. The number of esters is 1. The molecular formula is C14H28N2O2. The standard InChI is InChI=1S/C14H28N2O2/c1-11(2)16(10-14(17)18-3)13-8-6-4-5-7-12(13)9-15/h11-13H,4-10,15H2,1-3H3. The van der Waals surface area contributed by atoms with Crippen molar-refractivity contribution in [2.45, 2.75) is 58.0 Å². The van der Waals surface area contributed by atoms with Crippen molar-refractivity contribution in [3.8, 4) is 0 Å². The van der Waals surface area contributed by atoms with Crippen molar-refractivity contribution in [2.75, 3.05) is 20.2 Å². The first kappa shape index (κ1) is 15.4. The van der Waals surface area contributed by atoms with Gasteiger partial charge in [-0.2, -0.15) is 0 Å². The van der Waals surface area contributed by atoms with Gasteiger partial charge in [0.1, 0.15) is 0 Å². The third-order valence-corrected chi connectivity index (χ3v) is 4.05. The Labute approximate surface area is 111 Å². The zero-order valence-corrected chi connectivity index (χ0v) is 12.0. The molecule has 0 amide bonds. The molecule has 0 aromatic heterocycles. The molecule has 4 heteroatoms. The van der Waals surface area contributed by atoms with E-state index in [4.69, 9.17) is 10.5 Å². The monoisotopic (exact) mass is 256 g/mol. The number of rotatable bonds is 5. The fraction of sp³-hybridized carbons (Fsp3) is 0.929. The number of carbonyl (C=O) groups is 1. The van der Waals surface area contributed by atoms with Gasteiger partial charge in [-0.25, -0.2) is 0 Å². The second-order valence-electron chi connectivity index (χ2n) is 5.54. The lowest BCUT2D eigenvalue weighted by Gasteiger charge is -2.38. The number of hydrogen-bond donors (Lipinski definition) is 1. The highest BCUT2D eigenvalue weighted by molar-refractivity contribution is 5.71. The van der Waals surface area contributed by atoms with Crippen LogP contribution in [0.25, 0.3) is 0 Å². The highest BCUT2D eigenvalue weighted by Gasteiger charge is 2.30. The highest BCUT2D eigenvalue weighted by Crippen LogP contribution is 2.28. The van der Waals surface area contributed by atoms with Crippen LogP contribution in [0.3, 0.4) is 0 Å². The van der Waals surface area contributed by atoms with Crippen molar-refractivity contribution in [2.24, 2.45) is 11.7 Å². The summed E-state index contributed by atoms with van der Waals surface area (Å²) in [5.74, 6) is 0.364. The van der Waals surface area contributed by atoms with Gasteiger partial charge in [-0.3, -0.25) is 9.69 Å². The van der Waals surface area contributed by atoms with Gasteiger partial charge in [0, 0.05) is 12.1 Å². The number of nitrogens with two attached hydrogens (primary N) is 1. The molecule has 4 nitrogen and oxygen atoms in total. The molecule has 2 atom stereocenters. The molecule has 2 N–H and O–H groups in total. The predicted molar refractivity (Wildman–Crippen MR) is 73.3 cm³/mol. The Bertz CT molecular complexity index is 256. The average molecular weight is 256 g/mol. The number of hydrogen-bond acceptors (Lipinski definition) is 4. The van der Waals surface area contributed by atoms with Crippen LogP contribution in [0.2, 0.25) is 0 Å². The van der Waals surface area contributed by atoms with Crippen LogP contribution in [-0.2, 0) is 9.53 Å². The molecule has 0 heterocycles. The summed E-state index contributed by atoms with van der Waals surface area (Å²) in [4.78, 5) is 13.8. The van der Waals surface area contributed by atoms with Crippen LogP contribution in [0.4, 0.5) is 0 Å². The molecule has 0 saturated heterocycles. The van der Waals surface area contributed by atoms with E-state index in [-0.39, 0.29) is 5.97 Å². The van der Waals surface area contributed by atoms with Gasteiger partial charge in [-0.1, -0.05) is 19.3 Å². The van der Waals surface area contributed by atoms with E-state index in [1.807, 2.05) is 0 Å². The van der Waals surface area contributed by atoms with Crippen LogP contribution in [0, 0.1) is 5.92 Å². The molecule has 1 rings (SSSR count). The van der Waals surface area contributed by atoms with Crippen molar-refractivity contribution >= 4 is 5.97 Å². The van der Waals surface area contributed by atoms with E-state index in [0.29, 0.717) is 24.5 Å². The van der Waals surface area contributed by atoms with Gasteiger partial charge in [0.15, 0.2) is 0 Å². The van der Waals surface area contributed by atoms with Gasteiger partial charge >= 0.3 is 5.97 Å². The summed E-state index contributed by atoms with van der Waals surface area (Å²) in [6.45, 7) is 5.38. The largest absolute Gasteiger partial charge is 0.468 e. The highest BCUT2D eigenvalue weighted by atomic mass is 16.5. The smallest absolute Gasteiger partial charge is 0.319 e. The van der Waals surface area contributed by atoms with Crippen molar-refractivity contribution in [3.05, 3.63) is 0 Å². The van der Waals surface area contributed by atoms with Gasteiger partial charge in [0.05, 0.1) is 13.7 Å². The summed E-state index contributed by atoms with van der Waals surface area (Å²) in [5, 5.41) is 0. The van der Waals surface area contributed by atoms with Gasteiger partial charge in [0.2, 0.25) is 0 Å². The Kier molecular flexibility index (Phi) is 6.65. The molecule has 1 saturated carbocycles. The summed E-state index contributed by atoms with van der Waals surface area (Å²) >= 11 is 0. The van der Waals surface area contributed by atoms with Gasteiger partial charge in [-0.15, -0.1) is 0 Å². The summed E-state index contributed by atoms with van der Waals surface area (Å²) in [5.41, 5.74) is 5.92. The van der Waals surface area contributed by atoms with Crippen LogP contribution in [0.5, 0.6) is 0 Å². The Hall–Kier alpha value is -0.610. The summed E-state index contributed by atoms with van der Waals surface area (Å²) < 4.78 is 4.81. The second kappa shape index (κ2) is 7.74. The maximum absolute atomic E-state index is 11.6. The number of nitrogens with zero attached hydrogens (tertiary/aromatic N) is 1. The predicted octanol–water partition coefficient (Wildman–Crippen LogP) is 1.78. The molecule has 0 aromatic carbocycles. The van der Waals surface area contributed by atoms with E-state index in [1.54, 1.807) is 0 Å². The van der Waals surface area contributed by atoms with Crippen LogP contribution in [0.15, 0.2) is 0 Å². The topological polar surface area (TPSA) is 55.6 Å². The van der Waals surface area contributed by atoms with Crippen LogP contribution in [0.1, 0.15) is 46.0 Å². The Morgan fingerprint density at radius 2 is 2.00 bits per heavy atom. The maximum Gasteiger partial charge on any atom is 0.319 e. The Morgan fingerprint density at radius 1 is 1.33 bits per heavy atom. The van der Waals surface area contributed by atoms with E-state index in [1.165, 1.54) is 32.8 Å². The molecule has 0 aromatic rings. The van der Waals surface area contributed by atoms with Gasteiger partial charge in [0.25, 0.3) is 0 Å². The van der Waals surface area contributed by atoms with E-state index >= 15 is 0 Å². The summed E-state index contributed by atoms with van der Waals surface area (Å²) in [6.07, 6.45) is 6.13. The Balaban J connectivity index is 2.76. The lowest BCUT2D eigenvalue weighted by atomic mass is 9.92. The number of ether oxygens (including phenoxy) is 1. The molecule has 0 spiro atoms. The number of carbonyl (C=O) groups excluding carboxylic acids is 1. The zero-order valence-electron chi connectivity index (χ0n) is 12.0. The first-order valence-electron chi connectivity index (χ1n) is 7.12. The molecule has 2 unspecified atom stereocenters. The summed E-state index contributed by atoms with van der Waals surface area (Å²) in [6, 6.07) is 0.776. The fourth-order valence-electron chi connectivity index (χ4n) is 2.97. The third kappa shape index (κ3) is 4.25. The molecule has 0 radical (unpaired) electrons. The minimum Gasteiger partial charge on any atom is -0.468 e. The van der Waals surface area contributed by atoms with E-state index in [0.717, 1.165) is 13.0 Å². The SMILES string of the molecule is COC(=O)CN(C(C)C)C1CCCCCC1CN. The minimum atomic E-state index is -0.149. The molecule has 0 bridgehead atoms. The van der Waals surface area contributed by atoms with Crippen molar-refractivity contribution in [3.63, 3.8) is 0 Å². The van der Waals surface area contributed by atoms with Crippen molar-refractivity contribution < 1.29 is 9.53 Å². The third-order valence-electron chi connectivity index (χ3n) is 4.05. The molecule has 106 valence electrons. The first-order chi connectivity index (χ1) is 8.60. The van der Waals surface area contributed by atoms with E-state index in [2.05, 4.69) is 18.7 Å². The maximum atomic E-state index is 11.6. The van der Waals surface area contributed by atoms with Gasteiger partial charge < -0.3 is 10.5 Å². The van der Waals surface area contributed by atoms with Crippen molar-refractivity contribution in [1.82, 2.24) is 4.90 Å². The quantitative estimate of drug-likeness (QED) is 0.602. The van der Waals surface area contributed by atoms with Crippen LogP contribution >= 0.6 is 0 Å². The molecule has 18 heavy (non-hydrogen) atoms. The van der Waals surface area contributed by atoms with E-state index < -0.39 is 0 Å². The fourth-order valence-corrected chi connectivity index (χ4v) is 2.97. The lowest BCUT2D eigenvalue weighted by molar-refractivity contribution is -0.143. The van der Waals surface area contributed by atoms with Crippen molar-refractivity contribution in [1.29, 1.82) is 0 Å². The van der Waals surface area contributed by atoms with Crippen LogP contribution in [-0.4, -0.2) is 43.2 Å². The first-order valence-corrected chi connectivity index (χ1v) is 7.12. The average Bonchev–Trinajstić information content (AvgIpc) is 2.59. The zero-order chi connectivity index (χ0) is 13.5. The molecule has 1 aliphatic rings. The van der Waals surface area contributed by atoms with E-state index in [9.17, 15) is 4.79 Å². The molecular weight excluding hydrogens is 228 g/mol. The normalized spacial score (nSPS) is 25.2. The minimum absolute atomic E-state index is 0.149. The second-order valence-corrected chi connectivity index (χ2v) is 5.54.